The summed E-state index contributed by atoms with van der Waals surface area (Å²) in [4.78, 5) is 2.49. The number of nitrogens with one attached hydrogen (secondary N) is 1. The number of piperazine rings is 1. The van der Waals surface area contributed by atoms with Crippen LogP contribution in [-0.4, -0.2) is 37.1 Å². The first-order valence-corrected chi connectivity index (χ1v) is 7.40. The lowest BCUT2D eigenvalue weighted by Gasteiger charge is -2.36. The Kier molecular flexibility index (Phi) is 4.56. The van der Waals surface area contributed by atoms with Gasteiger partial charge in [0.1, 0.15) is 18.8 Å². The highest BCUT2D eigenvalue weighted by molar-refractivity contribution is 5.21. The minimum Gasteiger partial charge on any atom is -0.466 e. The van der Waals surface area contributed by atoms with Crippen LogP contribution < -0.4 is 5.32 Å². The van der Waals surface area contributed by atoms with Gasteiger partial charge in [-0.2, -0.15) is 0 Å². The van der Waals surface area contributed by atoms with E-state index in [1.807, 2.05) is 0 Å². The molecule has 3 rings (SSSR count). The zero-order valence-electron chi connectivity index (χ0n) is 11.8. The summed E-state index contributed by atoms with van der Waals surface area (Å²) >= 11 is 0. The lowest BCUT2D eigenvalue weighted by Crippen LogP contribution is -2.49. The maximum absolute atomic E-state index is 5.68. The van der Waals surface area contributed by atoms with Crippen LogP contribution in [0.3, 0.4) is 0 Å². The number of hydrogen-bond acceptors (Lipinski definition) is 4. The van der Waals surface area contributed by atoms with Crippen LogP contribution in [0, 0.1) is 0 Å². The molecular weight excluding hydrogens is 252 g/mol. The van der Waals surface area contributed by atoms with Gasteiger partial charge >= 0.3 is 0 Å². The normalized spacial score (nSPS) is 24.4. The van der Waals surface area contributed by atoms with Crippen molar-refractivity contribution in [1.82, 2.24) is 10.2 Å². The number of ether oxygens (including phenoxy) is 2. The van der Waals surface area contributed by atoms with Crippen molar-refractivity contribution in [2.24, 2.45) is 0 Å². The first-order valence-electron chi connectivity index (χ1n) is 7.40. The molecule has 1 unspecified atom stereocenters. The maximum atomic E-state index is 5.68. The summed E-state index contributed by atoms with van der Waals surface area (Å²) in [5.41, 5.74) is 1.50. The molecule has 0 aromatic heterocycles. The molecule has 4 heteroatoms. The van der Waals surface area contributed by atoms with Gasteiger partial charge in [0.2, 0.25) is 0 Å². The highest BCUT2D eigenvalue weighted by Gasteiger charge is 2.27. The molecule has 1 fully saturated rings. The predicted octanol–water partition coefficient (Wildman–Crippen LogP) is 2.29. The molecule has 2 heterocycles. The number of nitrogens with zero attached hydrogens (tertiary/aromatic N) is 1. The Bertz CT molecular complexity index is 445. The Morgan fingerprint density at radius 1 is 1.25 bits per heavy atom. The smallest absolute Gasteiger partial charge is 0.156 e. The molecule has 1 saturated heterocycles. The van der Waals surface area contributed by atoms with Crippen molar-refractivity contribution in [2.45, 2.75) is 25.3 Å². The minimum atomic E-state index is 0.278. The summed E-state index contributed by atoms with van der Waals surface area (Å²) < 4.78 is 11.0. The van der Waals surface area contributed by atoms with Crippen LogP contribution in [0.5, 0.6) is 0 Å². The van der Waals surface area contributed by atoms with Crippen molar-refractivity contribution in [2.75, 3.05) is 26.2 Å². The molecule has 3 aliphatic rings. The second-order valence-electron chi connectivity index (χ2n) is 5.34. The van der Waals surface area contributed by atoms with Gasteiger partial charge in [0.05, 0.1) is 6.04 Å². The molecule has 0 saturated carbocycles. The Labute approximate surface area is 120 Å². The average molecular weight is 274 g/mol. The van der Waals surface area contributed by atoms with Gasteiger partial charge in [-0.3, -0.25) is 4.90 Å². The van der Waals surface area contributed by atoms with E-state index < -0.39 is 0 Å². The SMILES string of the molecule is C1=CCCC(CC(C2=COC=CO2)N2CCNCC2)=C1. The van der Waals surface area contributed by atoms with Gasteiger partial charge in [-0.1, -0.05) is 23.8 Å². The van der Waals surface area contributed by atoms with Crippen molar-refractivity contribution < 1.29 is 9.47 Å². The van der Waals surface area contributed by atoms with Crippen molar-refractivity contribution in [3.05, 3.63) is 48.3 Å². The van der Waals surface area contributed by atoms with Crippen molar-refractivity contribution in [3.63, 3.8) is 0 Å². The fourth-order valence-corrected chi connectivity index (χ4v) is 2.90. The average Bonchev–Trinajstić information content (AvgIpc) is 2.55. The van der Waals surface area contributed by atoms with Gasteiger partial charge in [0.15, 0.2) is 5.76 Å². The standard InChI is InChI=1S/C16H22N2O2/c1-2-4-14(5-3-1)12-15(16-13-19-10-11-20-16)18-8-6-17-7-9-18/h1-2,4,10-11,13,15,17H,3,5-9,12H2. The quantitative estimate of drug-likeness (QED) is 0.853. The van der Waals surface area contributed by atoms with Crippen LogP contribution in [0.4, 0.5) is 0 Å². The zero-order chi connectivity index (χ0) is 13.6. The fraction of sp³-hybridized carbons (Fsp3) is 0.500. The highest BCUT2D eigenvalue weighted by Crippen LogP contribution is 2.26. The fourth-order valence-electron chi connectivity index (χ4n) is 2.90. The molecule has 4 nitrogen and oxygen atoms in total. The van der Waals surface area contributed by atoms with Gasteiger partial charge in [-0.25, -0.2) is 0 Å². The molecule has 108 valence electrons. The van der Waals surface area contributed by atoms with Crippen LogP contribution in [0.1, 0.15) is 19.3 Å². The van der Waals surface area contributed by atoms with Crippen LogP contribution in [-0.2, 0) is 9.47 Å². The summed E-state index contributed by atoms with van der Waals surface area (Å²) in [6.07, 6.45) is 14.9. The van der Waals surface area contributed by atoms with E-state index in [1.165, 1.54) is 5.57 Å². The molecule has 0 spiro atoms. The van der Waals surface area contributed by atoms with Gasteiger partial charge in [-0.15, -0.1) is 0 Å². The van der Waals surface area contributed by atoms with Crippen molar-refractivity contribution >= 4 is 0 Å². The maximum Gasteiger partial charge on any atom is 0.156 e. The summed E-state index contributed by atoms with van der Waals surface area (Å²) in [5, 5.41) is 3.40. The molecule has 1 atom stereocenters. The zero-order valence-corrected chi connectivity index (χ0v) is 11.8. The van der Waals surface area contributed by atoms with E-state index in [0.29, 0.717) is 0 Å². The lowest BCUT2D eigenvalue weighted by atomic mass is 9.96. The Morgan fingerprint density at radius 2 is 2.15 bits per heavy atom. The molecular formula is C16H22N2O2. The highest BCUT2D eigenvalue weighted by atomic mass is 16.5. The molecule has 0 aromatic rings. The van der Waals surface area contributed by atoms with E-state index in [2.05, 4.69) is 28.4 Å². The Balaban J connectivity index is 1.73. The first kappa shape index (κ1) is 13.5. The van der Waals surface area contributed by atoms with E-state index in [9.17, 15) is 0 Å². The van der Waals surface area contributed by atoms with Crippen LogP contribution in [0.2, 0.25) is 0 Å². The Hall–Kier alpha value is -1.52. The van der Waals surface area contributed by atoms with E-state index in [1.54, 1.807) is 18.8 Å². The molecule has 0 bridgehead atoms. The summed E-state index contributed by atoms with van der Waals surface area (Å²) in [6.45, 7) is 4.19. The van der Waals surface area contributed by atoms with Gasteiger partial charge in [0.25, 0.3) is 0 Å². The third-order valence-electron chi connectivity index (χ3n) is 4.00. The van der Waals surface area contributed by atoms with Crippen molar-refractivity contribution in [1.29, 1.82) is 0 Å². The molecule has 0 amide bonds. The lowest BCUT2D eigenvalue weighted by molar-refractivity contribution is 0.130. The number of hydrogen-bond donors (Lipinski definition) is 1. The molecule has 0 aromatic carbocycles. The van der Waals surface area contributed by atoms with E-state index >= 15 is 0 Å². The summed E-state index contributed by atoms with van der Waals surface area (Å²) in [7, 11) is 0. The second-order valence-corrected chi connectivity index (χ2v) is 5.34. The van der Waals surface area contributed by atoms with Gasteiger partial charge in [0, 0.05) is 26.2 Å². The predicted molar refractivity (Wildman–Crippen MR) is 78.7 cm³/mol. The number of allylic oxidation sites excluding steroid dienone is 3. The molecule has 0 radical (unpaired) electrons. The summed E-state index contributed by atoms with van der Waals surface area (Å²) in [5.74, 6) is 0.921. The largest absolute Gasteiger partial charge is 0.466 e. The minimum absolute atomic E-state index is 0.278. The summed E-state index contributed by atoms with van der Waals surface area (Å²) in [6, 6.07) is 0.278. The molecule has 20 heavy (non-hydrogen) atoms. The van der Waals surface area contributed by atoms with Crippen LogP contribution >= 0.6 is 0 Å². The van der Waals surface area contributed by atoms with Crippen LogP contribution in [0.25, 0.3) is 0 Å². The van der Waals surface area contributed by atoms with E-state index in [4.69, 9.17) is 9.47 Å². The van der Waals surface area contributed by atoms with E-state index in [-0.39, 0.29) is 6.04 Å². The molecule has 1 N–H and O–H groups in total. The van der Waals surface area contributed by atoms with Gasteiger partial charge in [-0.05, 0) is 19.3 Å². The van der Waals surface area contributed by atoms with E-state index in [0.717, 1.165) is 51.2 Å². The molecule has 1 aliphatic carbocycles. The monoisotopic (exact) mass is 274 g/mol. The number of rotatable bonds is 4. The second kappa shape index (κ2) is 6.77. The van der Waals surface area contributed by atoms with Crippen LogP contribution in [0.15, 0.2) is 48.3 Å². The van der Waals surface area contributed by atoms with Crippen molar-refractivity contribution in [3.8, 4) is 0 Å². The molecule has 2 aliphatic heterocycles. The third-order valence-corrected chi connectivity index (χ3v) is 4.00. The Morgan fingerprint density at radius 3 is 2.85 bits per heavy atom. The third kappa shape index (κ3) is 3.32. The topological polar surface area (TPSA) is 33.7 Å². The first-order chi connectivity index (χ1) is 9.93. The van der Waals surface area contributed by atoms with Gasteiger partial charge < -0.3 is 14.8 Å².